The number of hydrogen-bond acceptors (Lipinski definition) is 5. The first-order chi connectivity index (χ1) is 15.4. The van der Waals surface area contributed by atoms with Crippen LogP contribution in [-0.4, -0.2) is 51.5 Å². The summed E-state index contributed by atoms with van der Waals surface area (Å²) in [5.41, 5.74) is 0.666. The zero-order valence-electron chi connectivity index (χ0n) is 18.3. The van der Waals surface area contributed by atoms with E-state index in [9.17, 15) is 26.4 Å². The quantitative estimate of drug-likeness (QED) is 0.678. The molecule has 0 unspecified atom stereocenters. The fourth-order valence-electron chi connectivity index (χ4n) is 3.51. The highest BCUT2D eigenvalue weighted by Crippen LogP contribution is 2.31. The summed E-state index contributed by atoms with van der Waals surface area (Å²) in [7, 11) is -4.00. The van der Waals surface area contributed by atoms with Crippen LogP contribution in [0, 0.1) is 0 Å². The Balaban J connectivity index is 1.75. The van der Waals surface area contributed by atoms with E-state index in [0.717, 1.165) is 12.1 Å². The maximum absolute atomic E-state index is 13.2. The summed E-state index contributed by atoms with van der Waals surface area (Å²) in [6.07, 6.45) is -4.48. The molecule has 0 radical (unpaired) electrons. The van der Waals surface area contributed by atoms with E-state index in [1.807, 2.05) is 18.7 Å². The molecule has 0 saturated carbocycles. The smallest absolute Gasteiger partial charge is 0.374 e. The van der Waals surface area contributed by atoms with E-state index in [4.69, 9.17) is 9.88 Å². The van der Waals surface area contributed by atoms with Crippen LogP contribution in [0.2, 0.25) is 0 Å². The average molecular weight is 486 g/mol. The molecule has 1 saturated heterocycles. The summed E-state index contributed by atoms with van der Waals surface area (Å²) in [5.74, 6) is -0.352. The van der Waals surface area contributed by atoms with Crippen LogP contribution >= 0.6 is 0 Å². The van der Waals surface area contributed by atoms with Gasteiger partial charge in [0.1, 0.15) is 0 Å². The van der Waals surface area contributed by atoms with Crippen LogP contribution < -0.4 is 10.0 Å². The van der Waals surface area contributed by atoms with E-state index < -0.39 is 21.8 Å². The Hall–Kier alpha value is -2.63. The van der Waals surface area contributed by atoms with Gasteiger partial charge in [-0.05, 0) is 55.8 Å². The number of sulfonamides is 1. The number of hydrogen-bond donors (Lipinski definition) is 1. The number of amides is 1. The van der Waals surface area contributed by atoms with Gasteiger partial charge in [0.15, 0.2) is 0 Å². The predicted molar refractivity (Wildman–Crippen MR) is 117 cm³/mol. The second kappa shape index (κ2) is 9.70. The molecular formula is C22H26F3N3O4S. The lowest BCUT2D eigenvalue weighted by molar-refractivity contribution is -0.137. The lowest BCUT2D eigenvalue weighted by Gasteiger charge is -2.36. The highest BCUT2D eigenvalue weighted by atomic mass is 32.2. The molecule has 1 fully saturated rings. The molecule has 180 valence electrons. The van der Waals surface area contributed by atoms with Crippen molar-refractivity contribution in [2.24, 2.45) is 5.14 Å². The Morgan fingerprint density at radius 1 is 1.06 bits per heavy atom. The lowest BCUT2D eigenvalue weighted by Crippen LogP contribution is -2.49. The minimum atomic E-state index is -4.40. The van der Waals surface area contributed by atoms with Gasteiger partial charge in [0.2, 0.25) is 10.0 Å². The van der Waals surface area contributed by atoms with Crippen LogP contribution in [-0.2, 0) is 27.5 Å². The van der Waals surface area contributed by atoms with Gasteiger partial charge < -0.3 is 14.5 Å². The van der Waals surface area contributed by atoms with Crippen LogP contribution in [0.5, 0.6) is 0 Å². The van der Waals surface area contributed by atoms with Crippen molar-refractivity contribution in [2.45, 2.75) is 37.6 Å². The van der Waals surface area contributed by atoms with E-state index in [0.29, 0.717) is 37.4 Å². The van der Waals surface area contributed by atoms with Crippen molar-refractivity contribution in [1.29, 1.82) is 0 Å². The van der Waals surface area contributed by atoms with Crippen molar-refractivity contribution < 1.29 is 31.1 Å². The van der Waals surface area contributed by atoms with Crippen LogP contribution in [0.4, 0.5) is 18.9 Å². The zero-order valence-corrected chi connectivity index (χ0v) is 19.1. The topological polar surface area (TPSA) is 92.9 Å². The largest absolute Gasteiger partial charge is 0.416 e. The summed E-state index contributed by atoms with van der Waals surface area (Å²) < 4.78 is 67.5. The molecule has 33 heavy (non-hydrogen) atoms. The van der Waals surface area contributed by atoms with Crippen LogP contribution in [0.25, 0.3) is 0 Å². The van der Waals surface area contributed by atoms with Crippen LogP contribution in [0.3, 0.4) is 0 Å². The molecule has 0 aromatic heterocycles. The third kappa shape index (κ3) is 6.24. The molecule has 1 aliphatic rings. The number of benzene rings is 2. The first-order valence-corrected chi connectivity index (χ1v) is 11.9. The van der Waals surface area contributed by atoms with Gasteiger partial charge in [-0.15, -0.1) is 0 Å². The van der Waals surface area contributed by atoms with Gasteiger partial charge in [-0.3, -0.25) is 4.79 Å². The van der Waals surface area contributed by atoms with E-state index >= 15 is 0 Å². The van der Waals surface area contributed by atoms with E-state index in [1.54, 1.807) is 4.90 Å². The maximum Gasteiger partial charge on any atom is 0.416 e. The summed E-state index contributed by atoms with van der Waals surface area (Å²) in [5, 5.41) is 5.24. The number of nitrogens with zero attached hydrogens (tertiary/aromatic N) is 2. The van der Waals surface area contributed by atoms with Gasteiger partial charge in [0.05, 0.1) is 23.2 Å². The number of piperazine rings is 1. The molecule has 1 aliphatic heterocycles. The second-order valence-electron chi connectivity index (χ2n) is 8.05. The Labute approximate surface area is 191 Å². The van der Waals surface area contributed by atoms with E-state index in [-0.39, 0.29) is 29.1 Å². The minimum absolute atomic E-state index is 0.0850. The first-order valence-electron chi connectivity index (χ1n) is 10.3. The number of halogens is 3. The fourth-order valence-corrected chi connectivity index (χ4v) is 4.05. The Kier molecular flexibility index (Phi) is 7.35. The highest BCUT2D eigenvalue weighted by Gasteiger charge is 2.31. The van der Waals surface area contributed by atoms with Crippen molar-refractivity contribution in [3.8, 4) is 0 Å². The molecule has 1 amide bonds. The zero-order chi connectivity index (χ0) is 24.4. The first kappa shape index (κ1) is 25.0. The molecule has 0 bridgehead atoms. The maximum atomic E-state index is 13.2. The molecule has 2 aromatic carbocycles. The molecule has 0 spiro atoms. The third-order valence-electron chi connectivity index (χ3n) is 5.34. The van der Waals surface area contributed by atoms with Crippen molar-refractivity contribution in [1.82, 2.24) is 4.90 Å². The summed E-state index contributed by atoms with van der Waals surface area (Å²) in [4.78, 5) is 16.6. The van der Waals surface area contributed by atoms with Crippen LogP contribution in [0.15, 0.2) is 47.4 Å². The number of nitrogens with two attached hydrogens (primary N) is 1. The fraction of sp³-hybridized carbons (Fsp3) is 0.409. The molecule has 7 nitrogen and oxygen atoms in total. The number of alkyl halides is 3. The summed E-state index contributed by atoms with van der Waals surface area (Å²) >= 11 is 0. The van der Waals surface area contributed by atoms with Gasteiger partial charge in [-0.25, -0.2) is 13.6 Å². The molecule has 3 rings (SSSR count). The molecule has 0 aliphatic carbocycles. The number of ether oxygens (including phenoxy) is 1. The lowest BCUT2D eigenvalue weighted by atomic mass is 10.1. The van der Waals surface area contributed by atoms with Gasteiger partial charge in [-0.2, -0.15) is 13.2 Å². The number of carbonyl (C=O) groups is 1. The molecule has 2 N–H and O–H groups in total. The van der Waals surface area contributed by atoms with Crippen molar-refractivity contribution in [2.75, 3.05) is 31.1 Å². The number of anilines is 1. The van der Waals surface area contributed by atoms with E-state index in [2.05, 4.69) is 0 Å². The van der Waals surface area contributed by atoms with Gasteiger partial charge in [0, 0.05) is 37.4 Å². The van der Waals surface area contributed by atoms with Crippen molar-refractivity contribution in [3.05, 3.63) is 59.2 Å². The third-order valence-corrected chi connectivity index (χ3v) is 6.25. The number of primary sulfonamides is 1. The molecule has 0 atom stereocenters. The normalized spacial score (nSPS) is 15.2. The SMILES string of the molecule is CC(C)OCc1ccc(S(N)(=O)=O)cc1C(=O)N1CCN(c2ccc(C(F)(F)F)cc2)CC1. The average Bonchev–Trinajstić information content (AvgIpc) is 2.76. The Morgan fingerprint density at radius 2 is 1.67 bits per heavy atom. The molecule has 1 heterocycles. The number of rotatable bonds is 6. The Bertz CT molecular complexity index is 1090. The highest BCUT2D eigenvalue weighted by molar-refractivity contribution is 7.89. The summed E-state index contributed by atoms with van der Waals surface area (Å²) in [6.45, 7) is 5.32. The van der Waals surface area contributed by atoms with Crippen LogP contribution in [0.1, 0.15) is 35.3 Å². The van der Waals surface area contributed by atoms with Gasteiger partial charge in [0.25, 0.3) is 5.91 Å². The van der Waals surface area contributed by atoms with Gasteiger partial charge in [-0.1, -0.05) is 6.07 Å². The Morgan fingerprint density at radius 3 is 2.18 bits per heavy atom. The van der Waals surface area contributed by atoms with Crippen molar-refractivity contribution in [3.63, 3.8) is 0 Å². The minimum Gasteiger partial charge on any atom is -0.374 e. The number of carbonyl (C=O) groups excluding carboxylic acids is 1. The monoisotopic (exact) mass is 485 g/mol. The molecule has 2 aromatic rings. The molecular weight excluding hydrogens is 459 g/mol. The second-order valence-corrected chi connectivity index (χ2v) is 9.61. The standard InChI is InChI=1S/C22H26F3N3O4S/c1-15(2)32-14-16-3-8-19(33(26,30)31)13-20(16)21(29)28-11-9-27(10-12-28)18-6-4-17(5-7-18)22(23,24)25/h3-8,13,15H,9-12,14H2,1-2H3,(H2,26,30,31). The molecule has 11 heteroatoms. The predicted octanol–water partition coefficient (Wildman–Crippen LogP) is 3.24. The summed E-state index contributed by atoms with van der Waals surface area (Å²) in [6, 6.07) is 9.02. The van der Waals surface area contributed by atoms with Gasteiger partial charge >= 0.3 is 6.18 Å². The van der Waals surface area contributed by atoms with E-state index in [1.165, 1.54) is 30.3 Å². The van der Waals surface area contributed by atoms with Crippen molar-refractivity contribution >= 4 is 21.6 Å².